The van der Waals surface area contributed by atoms with Crippen LogP contribution in [0.5, 0.6) is 0 Å². The third kappa shape index (κ3) is 4.62. The van der Waals surface area contributed by atoms with Crippen LogP contribution in [0.25, 0.3) is 10.9 Å². The number of rotatable bonds is 5. The number of carbonyl (C=O) groups is 1. The molecule has 1 fully saturated rings. The highest BCUT2D eigenvalue weighted by Gasteiger charge is 2.36. The first-order valence-corrected chi connectivity index (χ1v) is 10.6. The summed E-state index contributed by atoms with van der Waals surface area (Å²) < 4.78 is 39.4. The van der Waals surface area contributed by atoms with Gasteiger partial charge in [-0.15, -0.1) is 23.7 Å². The Morgan fingerprint density at radius 2 is 2.00 bits per heavy atom. The van der Waals surface area contributed by atoms with Crippen LogP contribution in [0.1, 0.15) is 26.8 Å². The maximum absolute atomic E-state index is 13.1. The Hall–Kier alpha value is -1.72. The van der Waals surface area contributed by atoms with Crippen LogP contribution in [0.4, 0.5) is 13.2 Å². The first-order valence-electron chi connectivity index (χ1n) is 8.80. The molecule has 2 aromatic heterocycles. The first-order chi connectivity index (χ1) is 13.8. The number of benzene rings is 1. The van der Waals surface area contributed by atoms with Crippen LogP contribution in [0, 0.1) is 0 Å². The average Bonchev–Trinajstić information content (AvgIpc) is 3.35. The highest BCUT2D eigenvalue weighted by Crippen LogP contribution is 2.35. The number of para-hydroxylation sites is 1. The molecule has 1 aliphatic rings. The molecule has 0 amide bonds. The van der Waals surface area contributed by atoms with Crippen molar-refractivity contribution in [1.29, 1.82) is 0 Å². The van der Waals surface area contributed by atoms with Crippen molar-refractivity contribution >= 4 is 52.2 Å². The Kier molecular flexibility index (Phi) is 6.73. The highest BCUT2D eigenvalue weighted by molar-refractivity contribution is 8.00. The van der Waals surface area contributed by atoms with Crippen molar-refractivity contribution in [3.8, 4) is 0 Å². The van der Waals surface area contributed by atoms with E-state index >= 15 is 0 Å². The Morgan fingerprint density at radius 3 is 2.70 bits per heavy atom. The van der Waals surface area contributed by atoms with Crippen LogP contribution in [0.15, 0.2) is 41.4 Å². The number of alkyl halides is 3. The monoisotopic (exact) mass is 475 g/mol. The number of hydrogen-bond donors (Lipinski definition) is 2. The molecule has 30 heavy (non-hydrogen) atoms. The standard InChI is InChI=1S/C19H16F3N3O2S2.ClH/c20-19(21,22)17-24-12-4-2-1-3-11(12)16(25-17)28-9-13(26)14-5-6-15(29-14)18(27)7-8-23-10-18;/h1-6,23,27H,7-10H2;1H. The molecule has 0 saturated carbocycles. The van der Waals surface area contributed by atoms with Crippen molar-refractivity contribution < 1.29 is 23.1 Å². The number of ketones is 1. The first kappa shape index (κ1) is 23.0. The van der Waals surface area contributed by atoms with Gasteiger partial charge in [-0.25, -0.2) is 9.97 Å². The number of Topliss-reactive ketones (excluding diaryl/α,β-unsaturated/α-hetero) is 1. The van der Waals surface area contributed by atoms with Gasteiger partial charge in [-0.3, -0.25) is 4.79 Å². The molecule has 0 aliphatic carbocycles. The number of thiophene rings is 1. The van der Waals surface area contributed by atoms with Gasteiger partial charge in [0.25, 0.3) is 0 Å². The number of nitrogens with one attached hydrogen (secondary N) is 1. The Labute approximate surface area is 184 Å². The predicted molar refractivity (Wildman–Crippen MR) is 113 cm³/mol. The van der Waals surface area contributed by atoms with E-state index in [-0.39, 0.29) is 34.5 Å². The highest BCUT2D eigenvalue weighted by atomic mass is 35.5. The molecular formula is C19H17ClF3N3O2S2. The van der Waals surface area contributed by atoms with E-state index in [1.807, 2.05) is 0 Å². The summed E-state index contributed by atoms with van der Waals surface area (Å²) in [5, 5.41) is 14.3. The lowest BCUT2D eigenvalue weighted by molar-refractivity contribution is -0.145. The molecule has 160 valence electrons. The Morgan fingerprint density at radius 1 is 1.23 bits per heavy atom. The van der Waals surface area contributed by atoms with Gasteiger partial charge < -0.3 is 10.4 Å². The molecule has 0 bridgehead atoms. The molecule has 1 aliphatic heterocycles. The van der Waals surface area contributed by atoms with E-state index < -0.39 is 17.6 Å². The van der Waals surface area contributed by atoms with Gasteiger partial charge in [0, 0.05) is 16.8 Å². The van der Waals surface area contributed by atoms with E-state index in [4.69, 9.17) is 0 Å². The summed E-state index contributed by atoms with van der Waals surface area (Å²) in [6, 6.07) is 9.79. The average molecular weight is 476 g/mol. The third-order valence-corrected chi connectivity index (χ3v) is 6.94. The molecule has 1 unspecified atom stereocenters. The topological polar surface area (TPSA) is 75.1 Å². The molecule has 2 N–H and O–H groups in total. The van der Waals surface area contributed by atoms with Gasteiger partial charge in [-0.05, 0) is 31.2 Å². The number of hydrogen-bond acceptors (Lipinski definition) is 7. The van der Waals surface area contributed by atoms with Crippen molar-refractivity contribution in [3.05, 3.63) is 52.0 Å². The molecule has 3 heterocycles. The van der Waals surface area contributed by atoms with Gasteiger partial charge in [0.15, 0.2) is 5.78 Å². The number of nitrogens with zero attached hydrogens (tertiary/aromatic N) is 2. The number of halogens is 4. The zero-order valence-electron chi connectivity index (χ0n) is 15.4. The molecule has 0 radical (unpaired) electrons. The van der Waals surface area contributed by atoms with E-state index in [1.165, 1.54) is 17.4 Å². The summed E-state index contributed by atoms with van der Waals surface area (Å²) in [5.41, 5.74) is -0.792. The number of aliphatic hydroxyl groups is 1. The number of fused-ring (bicyclic) bond motifs is 1. The summed E-state index contributed by atoms with van der Waals surface area (Å²) >= 11 is 2.17. The van der Waals surface area contributed by atoms with Gasteiger partial charge in [0.1, 0.15) is 10.6 Å². The van der Waals surface area contributed by atoms with Gasteiger partial charge in [-0.1, -0.05) is 30.0 Å². The smallest absolute Gasteiger partial charge is 0.383 e. The van der Waals surface area contributed by atoms with Crippen LogP contribution in [-0.4, -0.2) is 39.7 Å². The van der Waals surface area contributed by atoms with Crippen LogP contribution in [-0.2, 0) is 11.8 Å². The van der Waals surface area contributed by atoms with Gasteiger partial charge in [-0.2, -0.15) is 13.2 Å². The lowest BCUT2D eigenvalue weighted by Gasteiger charge is -2.18. The molecule has 4 rings (SSSR count). The maximum atomic E-state index is 13.1. The minimum absolute atomic E-state index is 0. The SMILES string of the molecule is Cl.O=C(CSc1nc(C(F)(F)F)nc2ccccc12)c1ccc(C2(O)CCNC2)s1. The zero-order valence-corrected chi connectivity index (χ0v) is 17.9. The quantitative estimate of drug-likeness (QED) is 0.326. The predicted octanol–water partition coefficient (Wildman–Crippen LogP) is 4.29. The van der Waals surface area contributed by atoms with Gasteiger partial charge >= 0.3 is 6.18 Å². The molecule has 1 atom stereocenters. The van der Waals surface area contributed by atoms with Crippen LogP contribution < -0.4 is 5.32 Å². The Bertz CT molecular complexity index is 1070. The van der Waals surface area contributed by atoms with Gasteiger partial charge in [0.05, 0.1) is 16.1 Å². The third-order valence-electron chi connectivity index (χ3n) is 4.63. The Balaban J connectivity index is 0.00000256. The number of β-amino-alcohol motifs (C(OH)–C–C–N with tert-alkyl or cyclic N) is 1. The molecule has 11 heteroatoms. The second kappa shape index (κ2) is 8.80. The normalized spacial score (nSPS) is 19.1. The van der Waals surface area contributed by atoms with Crippen molar-refractivity contribution in [2.75, 3.05) is 18.8 Å². The summed E-state index contributed by atoms with van der Waals surface area (Å²) in [5.74, 6) is -1.51. The van der Waals surface area contributed by atoms with Crippen molar-refractivity contribution in [3.63, 3.8) is 0 Å². The van der Waals surface area contributed by atoms with Crippen molar-refractivity contribution in [2.24, 2.45) is 0 Å². The van der Waals surface area contributed by atoms with E-state index in [9.17, 15) is 23.1 Å². The molecule has 3 aromatic rings. The van der Waals surface area contributed by atoms with Crippen LogP contribution in [0.2, 0.25) is 0 Å². The zero-order chi connectivity index (χ0) is 20.6. The van der Waals surface area contributed by atoms with E-state index in [0.717, 1.165) is 11.8 Å². The minimum atomic E-state index is -4.67. The summed E-state index contributed by atoms with van der Waals surface area (Å²) in [6.07, 6.45) is -4.10. The van der Waals surface area contributed by atoms with E-state index in [2.05, 4.69) is 15.3 Å². The van der Waals surface area contributed by atoms with Crippen molar-refractivity contribution in [1.82, 2.24) is 15.3 Å². The fourth-order valence-corrected chi connectivity index (χ4v) is 5.17. The van der Waals surface area contributed by atoms with Crippen molar-refractivity contribution in [2.45, 2.75) is 23.2 Å². The van der Waals surface area contributed by atoms with Gasteiger partial charge in [0.2, 0.25) is 5.82 Å². The molecule has 1 aromatic carbocycles. The maximum Gasteiger partial charge on any atom is 0.451 e. The summed E-state index contributed by atoms with van der Waals surface area (Å²) in [4.78, 5) is 21.0. The van der Waals surface area contributed by atoms with E-state index in [1.54, 1.807) is 30.3 Å². The minimum Gasteiger partial charge on any atom is -0.383 e. The number of carbonyl (C=O) groups excluding carboxylic acids is 1. The summed E-state index contributed by atoms with van der Waals surface area (Å²) in [7, 11) is 0. The van der Waals surface area contributed by atoms with Crippen LogP contribution >= 0.6 is 35.5 Å². The largest absolute Gasteiger partial charge is 0.451 e. The lowest BCUT2D eigenvalue weighted by atomic mass is 10.0. The lowest BCUT2D eigenvalue weighted by Crippen LogP contribution is -2.26. The fraction of sp³-hybridized carbons (Fsp3) is 0.316. The second-order valence-electron chi connectivity index (χ2n) is 6.70. The molecule has 0 spiro atoms. The summed E-state index contributed by atoms with van der Waals surface area (Å²) in [6.45, 7) is 1.14. The molecule has 1 saturated heterocycles. The molecular weight excluding hydrogens is 459 g/mol. The fourth-order valence-electron chi connectivity index (χ4n) is 3.12. The van der Waals surface area contributed by atoms with Crippen LogP contribution in [0.3, 0.4) is 0 Å². The number of thioether (sulfide) groups is 1. The second-order valence-corrected chi connectivity index (χ2v) is 8.75. The number of aromatic nitrogens is 2. The molecule has 5 nitrogen and oxygen atoms in total. The van der Waals surface area contributed by atoms with E-state index in [0.29, 0.717) is 34.7 Å².